The fraction of sp³-hybridized carbons (Fsp3) is 0.421. The van der Waals surface area contributed by atoms with Crippen LogP contribution in [0, 0.1) is 17.8 Å². The number of hydrogen-bond acceptors (Lipinski definition) is 1. The fourth-order valence-electron chi connectivity index (χ4n) is 9.61. The molecule has 4 fully saturated rings. The van der Waals surface area contributed by atoms with Crippen LogP contribution < -0.4 is 8.99 Å². The van der Waals surface area contributed by atoms with E-state index in [-0.39, 0.29) is 5.54 Å². The van der Waals surface area contributed by atoms with Crippen LogP contribution in [0.25, 0.3) is 11.1 Å². The van der Waals surface area contributed by atoms with Crippen LogP contribution in [-0.2, 0) is 16.1 Å². The van der Waals surface area contributed by atoms with Gasteiger partial charge < -0.3 is 0 Å². The maximum atomic E-state index is 15.8. The van der Waals surface area contributed by atoms with E-state index >= 15 is 4.39 Å². The first-order valence-corrected chi connectivity index (χ1v) is 24.0. The molecule has 0 amide bonds. The Labute approximate surface area is 258 Å². The van der Waals surface area contributed by atoms with Gasteiger partial charge in [-0.25, -0.2) is 0 Å². The summed E-state index contributed by atoms with van der Waals surface area (Å²) in [7, 11) is -0.468. The van der Waals surface area contributed by atoms with Crippen molar-refractivity contribution in [2.24, 2.45) is 17.8 Å². The van der Waals surface area contributed by atoms with Crippen LogP contribution >= 0.6 is 0 Å². The van der Waals surface area contributed by atoms with Crippen molar-refractivity contribution in [1.29, 1.82) is 0 Å². The molecule has 1 nitrogen and oxygen atoms in total. The second-order valence-electron chi connectivity index (χ2n) is 14.3. The van der Waals surface area contributed by atoms with E-state index < -0.39 is 29.2 Å². The average molecular weight is 614 g/mol. The molecule has 4 bridgehead atoms. The Morgan fingerprint density at radius 3 is 1.69 bits per heavy atom. The number of benzene rings is 3. The summed E-state index contributed by atoms with van der Waals surface area (Å²) in [6.45, 7) is 9.47. The van der Waals surface area contributed by atoms with Gasteiger partial charge in [0, 0.05) is 0 Å². The number of rotatable bonds is 6. The third kappa shape index (κ3) is 6.00. The van der Waals surface area contributed by atoms with E-state index in [1.807, 2.05) is 12.1 Å². The predicted octanol–water partition coefficient (Wildman–Crippen LogP) is 8.78. The van der Waals surface area contributed by atoms with Crippen LogP contribution in [0.2, 0.25) is 5.23 Å². The second-order valence-corrected chi connectivity index (χ2v) is 28.4. The van der Waals surface area contributed by atoms with Crippen LogP contribution in [0.15, 0.2) is 112 Å². The largest absolute Gasteiger partial charge is 0.0622 e. The average Bonchev–Trinajstić information content (AvgIpc) is 3.15. The first-order valence-electron chi connectivity index (χ1n) is 16.1. The van der Waals surface area contributed by atoms with Gasteiger partial charge in [-0.15, -0.1) is 0 Å². The number of hydrogen-bond donors (Lipinski definition) is 1. The van der Waals surface area contributed by atoms with Crippen molar-refractivity contribution < 1.29 is 20.5 Å². The van der Waals surface area contributed by atoms with E-state index in [1.54, 1.807) is 20.2 Å². The summed E-state index contributed by atoms with van der Waals surface area (Å²) in [5, 5.41) is 4.24. The molecule has 0 saturated heterocycles. The Morgan fingerprint density at radius 2 is 1.24 bits per heavy atom. The van der Waals surface area contributed by atoms with Crippen molar-refractivity contribution in [3.63, 3.8) is 0 Å². The zero-order chi connectivity index (χ0) is 29.5. The van der Waals surface area contributed by atoms with E-state index in [2.05, 4.69) is 116 Å². The number of halogens is 1. The first-order chi connectivity index (χ1) is 20.1. The Hall–Kier alpha value is -2.04. The van der Waals surface area contributed by atoms with Gasteiger partial charge in [0.15, 0.2) is 0 Å². The molecule has 0 spiro atoms. The summed E-state index contributed by atoms with van der Waals surface area (Å²) in [6, 6.07) is 32.1. The molecular formula is C38H48FNSiTi. The molecule has 4 unspecified atom stereocenters. The van der Waals surface area contributed by atoms with E-state index in [9.17, 15) is 0 Å². The maximum absolute atomic E-state index is 15.8. The van der Waals surface area contributed by atoms with Crippen molar-refractivity contribution in [2.75, 3.05) is 0 Å². The molecule has 0 aromatic heterocycles. The molecule has 4 saturated carbocycles. The van der Waals surface area contributed by atoms with E-state index in [1.165, 1.54) is 36.0 Å². The van der Waals surface area contributed by atoms with Crippen LogP contribution in [0.4, 0.5) is 4.39 Å². The van der Waals surface area contributed by atoms with Crippen LogP contribution in [0.1, 0.15) is 66.2 Å². The number of nitrogens with one attached hydrogen (secondary N) is 1. The zero-order valence-electron chi connectivity index (χ0n) is 26.2. The minimum absolute atomic E-state index is 0.0762. The smallest absolute Gasteiger partial charge is 0.0184 e. The Kier molecular flexibility index (Phi) is 8.43. The third-order valence-electron chi connectivity index (χ3n) is 11.0. The number of alkyl halides is 1. The molecule has 5 aliphatic carbocycles. The van der Waals surface area contributed by atoms with Crippen molar-refractivity contribution in [3.8, 4) is 11.1 Å². The Bertz CT molecular complexity index is 1420. The summed E-state index contributed by atoms with van der Waals surface area (Å²) < 4.78 is 22.0. The maximum Gasteiger partial charge on any atom is -0.0184 e. The predicted molar refractivity (Wildman–Crippen MR) is 177 cm³/mol. The summed E-state index contributed by atoms with van der Waals surface area (Å²) >= 11 is -2.59. The molecule has 220 valence electrons. The molecular weight excluding hydrogens is 565 g/mol. The SMILES string of the molecule is CC1=C(C)C(C)[C]([Ti]([CH3])([NH]C23CC4CC(CC(F)(C4)C2)C3)[SiH2]c2ccccc2)=C1C.c1ccc(-c2ccccc2)cc1. The normalized spacial score (nSPS) is 31.4. The third-order valence-corrected chi connectivity index (χ3v) is 25.0. The molecule has 0 radical (unpaired) electrons. The Morgan fingerprint density at radius 1 is 0.738 bits per heavy atom. The standard InChI is InChI=1S/C12H10.C10H15FN.C9H13.C6H7Si.CH3.Ti/c1-3-7-11(8-4-1)12-9-5-2-6-10-12;11-9-2-7-1-8(3-9)5-10(12,4-7)6-9;1-6-5-7(2)9(4)8(6)3;7-6-4-2-1-3-5-6;;/h1-10H;7-8,12H,1-6H2;6H,1-4H3;1-5H,7H2;1H3;/q;-1;;;;+1. The molecule has 0 heterocycles. The van der Waals surface area contributed by atoms with Crippen molar-refractivity contribution in [1.82, 2.24) is 3.80 Å². The summed E-state index contributed by atoms with van der Waals surface area (Å²) in [5.74, 6) is 1.80. The Balaban J connectivity index is 0.000000219. The molecule has 1 N–H and O–H groups in total. The zero-order valence-corrected chi connectivity index (χ0v) is 29.2. The minimum Gasteiger partial charge on any atom is -0.0622 e. The van der Waals surface area contributed by atoms with Crippen molar-refractivity contribution >= 4 is 12.6 Å². The molecule has 8 rings (SSSR count). The molecule has 4 atom stereocenters. The van der Waals surface area contributed by atoms with E-state index in [0.717, 1.165) is 19.3 Å². The monoisotopic (exact) mass is 613 g/mol. The quantitative estimate of drug-likeness (QED) is 0.274. The van der Waals surface area contributed by atoms with Crippen molar-refractivity contribution in [2.45, 2.75) is 82.7 Å². The molecule has 5 aliphatic rings. The summed E-state index contributed by atoms with van der Waals surface area (Å²) in [5.41, 5.74) is 6.39. The second kappa shape index (κ2) is 11.8. The summed E-state index contributed by atoms with van der Waals surface area (Å²) in [6.07, 6.45) is 6.20. The molecule has 4 heteroatoms. The van der Waals surface area contributed by atoms with Crippen LogP contribution in [-0.4, -0.2) is 18.6 Å². The van der Waals surface area contributed by atoms with Gasteiger partial charge in [-0.05, 0) is 11.1 Å². The van der Waals surface area contributed by atoms with Crippen molar-refractivity contribution in [3.05, 3.63) is 112 Å². The van der Waals surface area contributed by atoms with Gasteiger partial charge in [0.1, 0.15) is 0 Å². The van der Waals surface area contributed by atoms with Gasteiger partial charge in [-0.1, -0.05) is 60.7 Å². The molecule has 42 heavy (non-hydrogen) atoms. The molecule has 0 aliphatic heterocycles. The minimum atomic E-state index is -2.59. The van der Waals surface area contributed by atoms with Gasteiger partial charge in [0.05, 0.1) is 0 Å². The topological polar surface area (TPSA) is 12.0 Å². The van der Waals surface area contributed by atoms with Gasteiger partial charge in [-0.3, -0.25) is 0 Å². The van der Waals surface area contributed by atoms with Gasteiger partial charge in [0.25, 0.3) is 0 Å². The fourth-order valence-corrected chi connectivity index (χ4v) is 27.3. The van der Waals surface area contributed by atoms with Gasteiger partial charge in [0.2, 0.25) is 0 Å². The molecule has 3 aromatic carbocycles. The summed E-state index contributed by atoms with van der Waals surface area (Å²) in [4.78, 5) is 0. The van der Waals surface area contributed by atoms with Crippen LogP contribution in [0.3, 0.4) is 0 Å². The van der Waals surface area contributed by atoms with Gasteiger partial charge >= 0.3 is 188 Å². The first kappa shape index (κ1) is 30.0. The molecule has 3 aromatic rings. The van der Waals surface area contributed by atoms with Crippen LogP contribution in [0.5, 0.6) is 0 Å². The number of allylic oxidation sites excluding steroid dienone is 4. The van der Waals surface area contributed by atoms with E-state index in [0.29, 0.717) is 17.8 Å². The van der Waals surface area contributed by atoms with E-state index in [4.69, 9.17) is 0 Å². The van der Waals surface area contributed by atoms with Gasteiger partial charge in [-0.2, -0.15) is 0 Å².